The van der Waals surface area contributed by atoms with E-state index in [0.717, 1.165) is 16.6 Å². The summed E-state index contributed by atoms with van der Waals surface area (Å²) < 4.78 is 7.00. The van der Waals surface area contributed by atoms with Crippen LogP contribution in [0.5, 0.6) is 0 Å². The number of ether oxygens (including phenoxy) is 1. The maximum atomic E-state index is 11.8. The number of carbonyl (C=O) groups is 1. The van der Waals surface area contributed by atoms with Gasteiger partial charge in [0.1, 0.15) is 5.25 Å². The van der Waals surface area contributed by atoms with E-state index in [1.165, 1.54) is 11.8 Å². The van der Waals surface area contributed by atoms with Crippen LogP contribution in [0.1, 0.15) is 13.8 Å². The summed E-state index contributed by atoms with van der Waals surface area (Å²) in [6.07, 6.45) is 0. The van der Waals surface area contributed by atoms with Crippen LogP contribution in [-0.2, 0) is 9.53 Å². The maximum Gasteiger partial charge on any atom is 0.319 e. The van der Waals surface area contributed by atoms with Crippen LogP contribution in [-0.4, -0.2) is 32.4 Å². The number of nitrogens with zero attached hydrogens (tertiary/aromatic N) is 3. The van der Waals surface area contributed by atoms with E-state index in [-0.39, 0.29) is 11.2 Å². The Morgan fingerprint density at radius 2 is 2.10 bits per heavy atom. The van der Waals surface area contributed by atoms with Gasteiger partial charge in [-0.1, -0.05) is 30.0 Å². The SMILES string of the molecule is CCOC(=O)[C@H](C)Sc1nnc2ccc3ccccc3n12. The van der Waals surface area contributed by atoms with Gasteiger partial charge in [0.25, 0.3) is 0 Å². The average molecular weight is 301 g/mol. The molecule has 0 N–H and O–H groups in total. The molecule has 0 aliphatic rings. The maximum absolute atomic E-state index is 11.8. The fraction of sp³-hybridized carbons (Fsp3) is 0.267. The second-order valence-corrected chi connectivity index (χ2v) is 5.89. The van der Waals surface area contributed by atoms with Crippen LogP contribution in [0.3, 0.4) is 0 Å². The zero-order valence-corrected chi connectivity index (χ0v) is 12.6. The highest BCUT2D eigenvalue weighted by molar-refractivity contribution is 8.00. The molecule has 21 heavy (non-hydrogen) atoms. The summed E-state index contributed by atoms with van der Waals surface area (Å²) in [6, 6.07) is 12.0. The molecule has 0 amide bonds. The molecular weight excluding hydrogens is 286 g/mol. The summed E-state index contributed by atoms with van der Waals surface area (Å²) >= 11 is 1.36. The van der Waals surface area contributed by atoms with Crippen LogP contribution in [0.25, 0.3) is 16.6 Å². The summed E-state index contributed by atoms with van der Waals surface area (Å²) in [7, 11) is 0. The summed E-state index contributed by atoms with van der Waals surface area (Å²) in [6.45, 7) is 4.00. The third kappa shape index (κ3) is 2.58. The minimum absolute atomic E-state index is 0.237. The molecule has 1 atom stereocenters. The predicted molar refractivity (Wildman–Crippen MR) is 82.4 cm³/mol. The minimum Gasteiger partial charge on any atom is -0.465 e. The average Bonchev–Trinajstić information content (AvgIpc) is 2.91. The largest absolute Gasteiger partial charge is 0.465 e. The fourth-order valence-electron chi connectivity index (χ4n) is 2.15. The van der Waals surface area contributed by atoms with Crippen LogP contribution in [0.15, 0.2) is 41.6 Å². The molecule has 2 heterocycles. The third-order valence-electron chi connectivity index (χ3n) is 3.15. The molecule has 6 heteroatoms. The van der Waals surface area contributed by atoms with Crippen molar-refractivity contribution in [1.82, 2.24) is 14.6 Å². The van der Waals surface area contributed by atoms with Crippen molar-refractivity contribution in [3.8, 4) is 0 Å². The quantitative estimate of drug-likeness (QED) is 0.548. The lowest BCUT2D eigenvalue weighted by atomic mass is 10.2. The summed E-state index contributed by atoms with van der Waals surface area (Å²) in [5.41, 5.74) is 1.80. The van der Waals surface area contributed by atoms with Gasteiger partial charge >= 0.3 is 5.97 Å². The first-order valence-electron chi connectivity index (χ1n) is 6.77. The van der Waals surface area contributed by atoms with Crippen molar-refractivity contribution >= 4 is 34.3 Å². The number of hydrogen-bond donors (Lipinski definition) is 0. The number of rotatable bonds is 4. The van der Waals surface area contributed by atoms with Gasteiger partial charge in [0.2, 0.25) is 0 Å². The number of hydrogen-bond acceptors (Lipinski definition) is 5. The Balaban J connectivity index is 2.03. The topological polar surface area (TPSA) is 56.5 Å². The van der Waals surface area contributed by atoms with E-state index >= 15 is 0 Å². The van der Waals surface area contributed by atoms with E-state index in [1.54, 1.807) is 6.92 Å². The van der Waals surface area contributed by atoms with E-state index in [1.807, 2.05) is 47.7 Å². The molecule has 5 nitrogen and oxygen atoms in total. The van der Waals surface area contributed by atoms with Crippen LogP contribution in [0, 0.1) is 0 Å². The van der Waals surface area contributed by atoms with Gasteiger partial charge in [0.15, 0.2) is 10.8 Å². The van der Waals surface area contributed by atoms with Crippen molar-refractivity contribution in [3.05, 3.63) is 36.4 Å². The zero-order chi connectivity index (χ0) is 14.8. The monoisotopic (exact) mass is 301 g/mol. The van der Waals surface area contributed by atoms with Crippen molar-refractivity contribution in [2.75, 3.05) is 6.61 Å². The lowest BCUT2D eigenvalue weighted by Gasteiger charge is -2.09. The molecule has 0 aliphatic heterocycles. The lowest BCUT2D eigenvalue weighted by Crippen LogP contribution is -2.17. The van der Waals surface area contributed by atoms with E-state index in [0.29, 0.717) is 11.8 Å². The highest BCUT2D eigenvalue weighted by atomic mass is 32.2. The van der Waals surface area contributed by atoms with Crippen molar-refractivity contribution < 1.29 is 9.53 Å². The van der Waals surface area contributed by atoms with Gasteiger partial charge in [-0.15, -0.1) is 10.2 Å². The van der Waals surface area contributed by atoms with Gasteiger partial charge in [-0.3, -0.25) is 9.20 Å². The number of pyridine rings is 1. The lowest BCUT2D eigenvalue weighted by molar-refractivity contribution is -0.142. The van der Waals surface area contributed by atoms with Crippen LogP contribution in [0.2, 0.25) is 0 Å². The Kier molecular flexibility index (Phi) is 3.79. The Morgan fingerprint density at radius 3 is 2.90 bits per heavy atom. The third-order valence-corrected chi connectivity index (χ3v) is 4.17. The smallest absolute Gasteiger partial charge is 0.319 e. The Labute approximate surface area is 126 Å². The van der Waals surface area contributed by atoms with Crippen LogP contribution >= 0.6 is 11.8 Å². The Hall–Kier alpha value is -2.08. The van der Waals surface area contributed by atoms with E-state index in [4.69, 9.17) is 4.74 Å². The first kappa shape index (κ1) is 13.9. The van der Waals surface area contributed by atoms with Crippen molar-refractivity contribution in [3.63, 3.8) is 0 Å². The number of aromatic nitrogens is 3. The molecule has 3 rings (SSSR count). The minimum atomic E-state index is -0.323. The highest BCUT2D eigenvalue weighted by Gasteiger charge is 2.19. The van der Waals surface area contributed by atoms with E-state index < -0.39 is 0 Å². The van der Waals surface area contributed by atoms with Gasteiger partial charge in [0, 0.05) is 0 Å². The van der Waals surface area contributed by atoms with Crippen molar-refractivity contribution in [2.24, 2.45) is 0 Å². The molecule has 3 aromatic rings. The number of carbonyl (C=O) groups excluding carboxylic acids is 1. The molecule has 0 unspecified atom stereocenters. The van der Waals surface area contributed by atoms with Crippen LogP contribution in [0.4, 0.5) is 0 Å². The second kappa shape index (κ2) is 5.73. The van der Waals surface area contributed by atoms with Gasteiger partial charge in [-0.2, -0.15) is 0 Å². The molecule has 0 spiro atoms. The van der Waals surface area contributed by atoms with Crippen LogP contribution < -0.4 is 0 Å². The molecule has 0 radical (unpaired) electrons. The van der Waals surface area contributed by atoms with E-state index in [2.05, 4.69) is 10.2 Å². The molecule has 0 bridgehead atoms. The predicted octanol–water partition coefficient (Wildman–Crippen LogP) is 2.93. The molecule has 108 valence electrons. The van der Waals surface area contributed by atoms with Gasteiger partial charge in [0.05, 0.1) is 12.1 Å². The molecule has 0 saturated heterocycles. The molecule has 0 fully saturated rings. The number of thioether (sulfide) groups is 1. The zero-order valence-electron chi connectivity index (χ0n) is 11.8. The van der Waals surface area contributed by atoms with E-state index in [9.17, 15) is 4.79 Å². The number of fused-ring (bicyclic) bond motifs is 3. The van der Waals surface area contributed by atoms with Crippen molar-refractivity contribution in [2.45, 2.75) is 24.3 Å². The number of para-hydroxylation sites is 1. The number of benzene rings is 1. The second-order valence-electron chi connectivity index (χ2n) is 4.58. The Bertz CT molecular complexity index is 800. The molecule has 2 aromatic heterocycles. The summed E-state index contributed by atoms with van der Waals surface area (Å²) in [4.78, 5) is 11.8. The van der Waals surface area contributed by atoms with Gasteiger partial charge in [-0.25, -0.2) is 0 Å². The van der Waals surface area contributed by atoms with Crippen molar-refractivity contribution in [1.29, 1.82) is 0 Å². The Morgan fingerprint density at radius 1 is 1.29 bits per heavy atom. The fourth-order valence-corrected chi connectivity index (χ4v) is 3.02. The highest BCUT2D eigenvalue weighted by Crippen LogP contribution is 2.26. The summed E-state index contributed by atoms with van der Waals surface area (Å²) in [5, 5.41) is 9.84. The molecule has 0 saturated carbocycles. The van der Waals surface area contributed by atoms with Gasteiger partial charge in [-0.05, 0) is 37.4 Å². The molecule has 1 aromatic carbocycles. The first-order chi connectivity index (χ1) is 10.2. The van der Waals surface area contributed by atoms with Gasteiger partial charge < -0.3 is 4.74 Å². The summed E-state index contributed by atoms with van der Waals surface area (Å²) in [5.74, 6) is -0.237. The normalized spacial score (nSPS) is 12.7. The standard InChI is InChI=1S/C15H15N3O2S/c1-3-20-14(19)10(2)21-15-17-16-13-9-8-11-6-4-5-7-12(11)18(13)15/h4-10H,3H2,1-2H3/t10-/m0/s1. The molecule has 0 aliphatic carbocycles. The number of esters is 1. The first-order valence-corrected chi connectivity index (χ1v) is 7.65. The molecular formula is C15H15N3O2S.